The highest BCUT2D eigenvalue weighted by molar-refractivity contribution is 5.17. The Morgan fingerprint density at radius 2 is 2.00 bits per heavy atom. The summed E-state index contributed by atoms with van der Waals surface area (Å²) in [6.45, 7) is 2.88. The lowest BCUT2D eigenvalue weighted by Gasteiger charge is -2.19. The standard InChI is InChI=1S/C15H23NO/c1-2-14(10-12-8-9-12)16-11-15(17)13-6-4-3-5-7-13/h3-7,12,14-17H,2,8-11H2,1H3. The van der Waals surface area contributed by atoms with Crippen LogP contribution in [0, 0.1) is 5.92 Å². The number of benzene rings is 1. The summed E-state index contributed by atoms with van der Waals surface area (Å²) in [6, 6.07) is 10.5. The maximum Gasteiger partial charge on any atom is 0.0914 e. The minimum absolute atomic E-state index is 0.385. The number of hydrogen-bond acceptors (Lipinski definition) is 2. The first-order chi connectivity index (χ1) is 8.29. The van der Waals surface area contributed by atoms with Crippen molar-refractivity contribution in [2.24, 2.45) is 5.92 Å². The van der Waals surface area contributed by atoms with Crippen LogP contribution in [-0.4, -0.2) is 17.7 Å². The smallest absolute Gasteiger partial charge is 0.0914 e. The lowest BCUT2D eigenvalue weighted by molar-refractivity contribution is 0.168. The quantitative estimate of drug-likeness (QED) is 0.759. The van der Waals surface area contributed by atoms with Gasteiger partial charge in [0.2, 0.25) is 0 Å². The van der Waals surface area contributed by atoms with Gasteiger partial charge in [-0.05, 0) is 24.3 Å². The lowest BCUT2D eigenvalue weighted by Crippen LogP contribution is -2.32. The molecule has 0 aromatic heterocycles. The van der Waals surface area contributed by atoms with Crippen molar-refractivity contribution in [1.29, 1.82) is 0 Å². The number of aliphatic hydroxyl groups excluding tert-OH is 1. The first-order valence-electron chi connectivity index (χ1n) is 6.76. The van der Waals surface area contributed by atoms with Crippen LogP contribution in [-0.2, 0) is 0 Å². The molecule has 2 unspecified atom stereocenters. The highest BCUT2D eigenvalue weighted by Gasteiger charge is 2.24. The van der Waals surface area contributed by atoms with Crippen LogP contribution in [0.25, 0.3) is 0 Å². The van der Waals surface area contributed by atoms with Crippen molar-refractivity contribution >= 4 is 0 Å². The van der Waals surface area contributed by atoms with Crippen LogP contribution in [0.4, 0.5) is 0 Å². The van der Waals surface area contributed by atoms with Gasteiger partial charge in [0.05, 0.1) is 6.10 Å². The third-order valence-corrected chi connectivity index (χ3v) is 3.59. The molecule has 1 aliphatic carbocycles. The average molecular weight is 233 g/mol. The summed E-state index contributed by atoms with van der Waals surface area (Å²) in [5.41, 5.74) is 1.00. The molecule has 1 aliphatic rings. The van der Waals surface area contributed by atoms with Crippen LogP contribution < -0.4 is 5.32 Å². The van der Waals surface area contributed by atoms with Gasteiger partial charge in [0.1, 0.15) is 0 Å². The second kappa shape index (κ2) is 6.18. The molecule has 2 N–H and O–H groups in total. The van der Waals surface area contributed by atoms with Gasteiger partial charge in [0.15, 0.2) is 0 Å². The Labute approximate surface area is 104 Å². The van der Waals surface area contributed by atoms with Crippen molar-refractivity contribution in [3.8, 4) is 0 Å². The van der Waals surface area contributed by atoms with E-state index in [9.17, 15) is 5.11 Å². The monoisotopic (exact) mass is 233 g/mol. The average Bonchev–Trinajstić information content (AvgIpc) is 3.19. The Hall–Kier alpha value is -0.860. The molecule has 2 heteroatoms. The van der Waals surface area contributed by atoms with Crippen molar-refractivity contribution in [2.75, 3.05) is 6.54 Å². The summed E-state index contributed by atoms with van der Waals surface area (Å²) >= 11 is 0. The van der Waals surface area contributed by atoms with Gasteiger partial charge in [0.25, 0.3) is 0 Å². The van der Waals surface area contributed by atoms with Gasteiger partial charge in [-0.3, -0.25) is 0 Å². The van der Waals surface area contributed by atoms with Crippen LogP contribution in [0.5, 0.6) is 0 Å². The zero-order chi connectivity index (χ0) is 12.1. The summed E-state index contributed by atoms with van der Waals surface area (Å²) in [5.74, 6) is 0.946. The molecule has 0 bridgehead atoms. The third kappa shape index (κ3) is 4.14. The fourth-order valence-electron chi connectivity index (χ4n) is 2.22. The van der Waals surface area contributed by atoms with Gasteiger partial charge in [-0.15, -0.1) is 0 Å². The van der Waals surface area contributed by atoms with Crippen LogP contribution in [0.15, 0.2) is 30.3 Å². The van der Waals surface area contributed by atoms with E-state index < -0.39 is 0 Å². The van der Waals surface area contributed by atoms with E-state index in [2.05, 4.69) is 12.2 Å². The molecular weight excluding hydrogens is 210 g/mol. The largest absolute Gasteiger partial charge is 0.387 e. The molecule has 0 heterocycles. The minimum atomic E-state index is -0.385. The molecule has 94 valence electrons. The zero-order valence-corrected chi connectivity index (χ0v) is 10.6. The molecule has 0 radical (unpaired) electrons. The number of hydrogen-bond donors (Lipinski definition) is 2. The summed E-state index contributed by atoms with van der Waals surface area (Å²) < 4.78 is 0. The van der Waals surface area contributed by atoms with Crippen molar-refractivity contribution in [3.05, 3.63) is 35.9 Å². The van der Waals surface area contributed by atoms with E-state index in [1.54, 1.807) is 0 Å². The second-order valence-electron chi connectivity index (χ2n) is 5.12. The van der Waals surface area contributed by atoms with E-state index in [4.69, 9.17) is 0 Å². The summed E-state index contributed by atoms with van der Waals surface area (Å²) in [5, 5.41) is 13.5. The number of nitrogens with one attached hydrogen (secondary N) is 1. The highest BCUT2D eigenvalue weighted by Crippen LogP contribution is 2.34. The Balaban J connectivity index is 1.76. The Morgan fingerprint density at radius 1 is 1.29 bits per heavy atom. The van der Waals surface area contributed by atoms with E-state index in [-0.39, 0.29) is 6.10 Å². The maximum atomic E-state index is 10.1. The normalized spacial score (nSPS) is 18.9. The Bertz CT molecular complexity index is 321. The maximum absolute atomic E-state index is 10.1. The predicted octanol–water partition coefficient (Wildman–Crippen LogP) is 2.89. The topological polar surface area (TPSA) is 32.3 Å². The molecule has 2 rings (SSSR count). The summed E-state index contributed by atoms with van der Waals surface area (Å²) in [6.07, 6.45) is 4.85. The first-order valence-corrected chi connectivity index (χ1v) is 6.76. The summed E-state index contributed by atoms with van der Waals surface area (Å²) in [4.78, 5) is 0. The van der Waals surface area contributed by atoms with Gasteiger partial charge >= 0.3 is 0 Å². The first kappa shape index (κ1) is 12.6. The van der Waals surface area contributed by atoms with E-state index in [1.165, 1.54) is 19.3 Å². The van der Waals surface area contributed by atoms with E-state index in [0.29, 0.717) is 12.6 Å². The molecule has 1 saturated carbocycles. The number of aliphatic hydroxyl groups is 1. The van der Waals surface area contributed by atoms with Crippen molar-refractivity contribution in [2.45, 2.75) is 44.8 Å². The van der Waals surface area contributed by atoms with Gasteiger partial charge < -0.3 is 10.4 Å². The Morgan fingerprint density at radius 3 is 2.59 bits per heavy atom. The molecule has 1 aromatic rings. The molecule has 2 atom stereocenters. The molecular formula is C15H23NO. The van der Waals surface area contributed by atoms with Gasteiger partial charge in [-0.2, -0.15) is 0 Å². The molecule has 1 aromatic carbocycles. The van der Waals surface area contributed by atoms with E-state index in [1.807, 2.05) is 30.3 Å². The number of rotatable bonds is 7. The molecule has 0 aliphatic heterocycles. The molecule has 17 heavy (non-hydrogen) atoms. The van der Waals surface area contributed by atoms with Gasteiger partial charge in [0, 0.05) is 12.6 Å². The van der Waals surface area contributed by atoms with Crippen LogP contribution in [0.2, 0.25) is 0 Å². The fourth-order valence-corrected chi connectivity index (χ4v) is 2.22. The van der Waals surface area contributed by atoms with Gasteiger partial charge in [-0.1, -0.05) is 50.1 Å². The third-order valence-electron chi connectivity index (χ3n) is 3.59. The van der Waals surface area contributed by atoms with E-state index >= 15 is 0 Å². The molecule has 0 amide bonds. The fraction of sp³-hybridized carbons (Fsp3) is 0.600. The highest BCUT2D eigenvalue weighted by atomic mass is 16.3. The molecule has 0 saturated heterocycles. The van der Waals surface area contributed by atoms with Crippen LogP contribution in [0.1, 0.15) is 44.3 Å². The molecule has 0 spiro atoms. The second-order valence-corrected chi connectivity index (χ2v) is 5.12. The van der Waals surface area contributed by atoms with E-state index in [0.717, 1.165) is 17.9 Å². The van der Waals surface area contributed by atoms with Crippen molar-refractivity contribution < 1.29 is 5.11 Å². The molecule has 2 nitrogen and oxygen atoms in total. The van der Waals surface area contributed by atoms with Crippen molar-refractivity contribution in [1.82, 2.24) is 5.32 Å². The SMILES string of the molecule is CCC(CC1CC1)NCC(O)c1ccccc1. The van der Waals surface area contributed by atoms with Gasteiger partial charge in [-0.25, -0.2) is 0 Å². The van der Waals surface area contributed by atoms with Crippen molar-refractivity contribution in [3.63, 3.8) is 0 Å². The Kier molecular flexibility index (Phi) is 4.57. The van der Waals surface area contributed by atoms with Crippen LogP contribution in [0.3, 0.4) is 0 Å². The summed E-state index contributed by atoms with van der Waals surface area (Å²) in [7, 11) is 0. The van der Waals surface area contributed by atoms with Crippen LogP contribution >= 0.6 is 0 Å². The predicted molar refractivity (Wildman–Crippen MR) is 70.8 cm³/mol. The lowest BCUT2D eigenvalue weighted by atomic mass is 10.1. The minimum Gasteiger partial charge on any atom is -0.387 e. The zero-order valence-electron chi connectivity index (χ0n) is 10.6. The molecule has 1 fully saturated rings.